The molecule has 0 atom stereocenters. The predicted octanol–water partition coefficient (Wildman–Crippen LogP) is 4.06. The van der Waals surface area contributed by atoms with Crippen LogP contribution in [0.5, 0.6) is 0 Å². The largest absolute Gasteiger partial charge is 0.321 e. The fraction of sp³-hybridized carbons (Fsp3) is 0.0714. The number of anilines is 1. The molecule has 7 heteroatoms. The van der Waals surface area contributed by atoms with Crippen molar-refractivity contribution >= 4 is 33.2 Å². The van der Waals surface area contributed by atoms with E-state index in [2.05, 4.69) is 21.2 Å². The number of nitrogens with zero attached hydrogens (tertiary/aromatic N) is 1. The molecule has 2 aromatic carbocycles. The number of carbonyl (C=O) groups is 1. The number of carbonyl (C=O) groups excluding carboxylic acids is 1. The Balaban J connectivity index is 2.34. The Labute approximate surface area is 128 Å². The highest BCUT2D eigenvalue weighted by molar-refractivity contribution is 9.10. The Bertz CT molecular complexity index is 734. The second kappa shape index (κ2) is 6.01. The van der Waals surface area contributed by atoms with Gasteiger partial charge in [-0.2, -0.15) is 0 Å². The highest BCUT2D eigenvalue weighted by Crippen LogP contribution is 2.26. The number of nitrogens with one attached hydrogen (secondary N) is 1. The van der Waals surface area contributed by atoms with Gasteiger partial charge in [0.05, 0.1) is 26.2 Å². The van der Waals surface area contributed by atoms with E-state index in [1.54, 1.807) is 0 Å². The molecule has 0 unspecified atom stereocenters. The second-order valence-electron chi connectivity index (χ2n) is 4.26. The molecule has 1 amide bonds. The third-order valence-corrected chi connectivity index (χ3v) is 3.56. The molecular formula is C14H10BrFN2O3. The van der Waals surface area contributed by atoms with Crippen molar-refractivity contribution in [1.82, 2.24) is 0 Å². The van der Waals surface area contributed by atoms with Crippen LogP contribution in [0.1, 0.15) is 15.9 Å². The van der Waals surface area contributed by atoms with Gasteiger partial charge in [0.1, 0.15) is 5.82 Å². The van der Waals surface area contributed by atoms with E-state index < -0.39 is 16.6 Å². The maximum atomic E-state index is 13.8. The van der Waals surface area contributed by atoms with Gasteiger partial charge >= 0.3 is 0 Å². The molecule has 2 aromatic rings. The Morgan fingerprint density at radius 1 is 1.29 bits per heavy atom. The third-order valence-electron chi connectivity index (χ3n) is 2.95. The summed E-state index contributed by atoms with van der Waals surface area (Å²) >= 11 is 3.00. The third kappa shape index (κ3) is 3.08. The fourth-order valence-electron chi connectivity index (χ4n) is 1.83. The first-order valence-electron chi connectivity index (χ1n) is 5.91. The molecule has 2 rings (SSSR count). The number of halogens is 2. The number of nitro groups is 1. The van der Waals surface area contributed by atoms with Crippen molar-refractivity contribution < 1.29 is 14.1 Å². The zero-order valence-electron chi connectivity index (χ0n) is 10.9. The topological polar surface area (TPSA) is 72.2 Å². The van der Waals surface area contributed by atoms with Crippen LogP contribution in [0.15, 0.2) is 40.9 Å². The number of hydrogen-bond acceptors (Lipinski definition) is 3. The Morgan fingerprint density at radius 3 is 2.62 bits per heavy atom. The highest BCUT2D eigenvalue weighted by atomic mass is 79.9. The first-order chi connectivity index (χ1) is 9.91. The summed E-state index contributed by atoms with van der Waals surface area (Å²) in [5.74, 6) is -1.35. The molecule has 0 saturated carbocycles. The molecule has 5 nitrogen and oxygen atoms in total. The van der Waals surface area contributed by atoms with E-state index in [9.17, 15) is 19.3 Å². The lowest BCUT2D eigenvalue weighted by atomic mass is 10.1. The van der Waals surface area contributed by atoms with Crippen molar-refractivity contribution in [3.63, 3.8) is 0 Å². The van der Waals surface area contributed by atoms with Gasteiger partial charge in [-0.25, -0.2) is 4.39 Å². The number of amides is 1. The van der Waals surface area contributed by atoms with E-state index in [0.717, 1.165) is 0 Å². The van der Waals surface area contributed by atoms with E-state index in [0.29, 0.717) is 5.56 Å². The molecule has 0 aliphatic heterocycles. The van der Waals surface area contributed by atoms with Gasteiger partial charge in [0.2, 0.25) is 0 Å². The van der Waals surface area contributed by atoms with Crippen molar-refractivity contribution in [2.75, 3.05) is 5.32 Å². The minimum Gasteiger partial charge on any atom is -0.321 e. The molecule has 0 aliphatic carbocycles. The van der Waals surface area contributed by atoms with Gasteiger partial charge < -0.3 is 5.32 Å². The van der Waals surface area contributed by atoms with Crippen molar-refractivity contribution in [2.24, 2.45) is 0 Å². The van der Waals surface area contributed by atoms with Crippen LogP contribution in [0.3, 0.4) is 0 Å². The quantitative estimate of drug-likeness (QED) is 0.668. The smallest absolute Gasteiger partial charge is 0.274 e. The monoisotopic (exact) mass is 352 g/mol. The van der Waals surface area contributed by atoms with Gasteiger partial charge in [0.15, 0.2) is 0 Å². The summed E-state index contributed by atoms with van der Waals surface area (Å²) in [4.78, 5) is 22.4. The van der Waals surface area contributed by atoms with Crippen LogP contribution in [-0.2, 0) is 0 Å². The molecule has 0 aromatic heterocycles. The van der Waals surface area contributed by atoms with E-state index in [1.165, 1.54) is 43.3 Å². The summed E-state index contributed by atoms with van der Waals surface area (Å²) in [7, 11) is 0. The average Bonchev–Trinajstić information content (AvgIpc) is 2.43. The first kappa shape index (κ1) is 15.1. The zero-order chi connectivity index (χ0) is 15.6. The predicted molar refractivity (Wildman–Crippen MR) is 79.9 cm³/mol. The molecule has 0 aliphatic rings. The van der Waals surface area contributed by atoms with E-state index in [4.69, 9.17) is 0 Å². The lowest BCUT2D eigenvalue weighted by Crippen LogP contribution is -2.15. The van der Waals surface area contributed by atoms with Crippen LogP contribution < -0.4 is 5.32 Å². The van der Waals surface area contributed by atoms with Gasteiger partial charge in [0, 0.05) is 6.07 Å². The maximum Gasteiger partial charge on any atom is 0.274 e. The Hall–Kier alpha value is -2.28. The first-order valence-corrected chi connectivity index (χ1v) is 6.70. The van der Waals surface area contributed by atoms with Crippen molar-refractivity contribution in [2.45, 2.75) is 6.92 Å². The Morgan fingerprint density at radius 2 is 1.95 bits per heavy atom. The summed E-state index contributed by atoms with van der Waals surface area (Å²) < 4.78 is 14.0. The lowest BCUT2D eigenvalue weighted by Gasteiger charge is -2.09. The summed E-state index contributed by atoms with van der Waals surface area (Å²) in [5, 5.41) is 13.3. The van der Waals surface area contributed by atoms with Crippen LogP contribution in [0, 0.1) is 22.9 Å². The molecule has 108 valence electrons. The molecule has 0 heterocycles. The molecule has 0 radical (unpaired) electrons. The molecule has 1 N–H and O–H groups in total. The van der Waals surface area contributed by atoms with Gasteiger partial charge in [-0.05, 0) is 41.1 Å². The number of nitro benzene ring substituents is 1. The fourth-order valence-corrected chi connectivity index (χ4v) is 2.19. The van der Waals surface area contributed by atoms with Crippen molar-refractivity contribution in [3.8, 4) is 0 Å². The van der Waals surface area contributed by atoms with Crippen molar-refractivity contribution in [3.05, 3.63) is 67.9 Å². The van der Waals surface area contributed by atoms with E-state index in [-0.39, 0.29) is 21.4 Å². The standard InChI is InChI=1S/C14H10BrFN2O3/c1-8-11(6-3-7-12(8)18(20)21)17-14(19)9-4-2-5-10(15)13(9)16/h2-7H,1H3,(H,17,19). The summed E-state index contributed by atoms with van der Waals surface area (Å²) in [6.07, 6.45) is 0. The SMILES string of the molecule is Cc1c(NC(=O)c2cccc(Br)c2F)cccc1[N+](=O)[O-]. The number of rotatable bonds is 3. The molecule has 0 saturated heterocycles. The normalized spacial score (nSPS) is 10.2. The highest BCUT2D eigenvalue weighted by Gasteiger charge is 2.18. The van der Waals surface area contributed by atoms with Crippen LogP contribution >= 0.6 is 15.9 Å². The molecule has 0 spiro atoms. The van der Waals surface area contributed by atoms with Crippen molar-refractivity contribution in [1.29, 1.82) is 0 Å². The summed E-state index contributed by atoms with van der Waals surface area (Å²) in [5.41, 5.74) is 0.331. The van der Waals surface area contributed by atoms with Gasteiger partial charge in [-0.3, -0.25) is 14.9 Å². The maximum absolute atomic E-state index is 13.8. The van der Waals surface area contributed by atoms with Crippen LogP contribution in [0.4, 0.5) is 15.8 Å². The Kier molecular flexibility index (Phi) is 4.32. The minimum absolute atomic E-state index is 0.109. The molecular weight excluding hydrogens is 343 g/mol. The van der Waals surface area contributed by atoms with Gasteiger partial charge in [0.25, 0.3) is 11.6 Å². The number of hydrogen-bond donors (Lipinski definition) is 1. The van der Waals surface area contributed by atoms with Crippen LogP contribution in [0.25, 0.3) is 0 Å². The van der Waals surface area contributed by atoms with E-state index >= 15 is 0 Å². The van der Waals surface area contributed by atoms with Crippen LogP contribution in [-0.4, -0.2) is 10.8 Å². The molecule has 21 heavy (non-hydrogen) atoms. The molecule has 0 fully saturated rings. The lowest BCUT2D eigenvalue weighted by molar-refractivity contribution is -0.385. The van der Waals surface area contributed by atoms with E-state index in [1.807, 2.05) is 0 Å². The molecule has 0 bridgehead atoms. The second-order valence-corrected chi connectivity index (χ2v) is 5.12. The summed E-state index contributed by atoms with van der Waals surface area (Å²) in [6, 6.07) is 8.66. The average molecular weight is 353 g/mol. The van der Waals surface area contributed by atoms with Gasteiger partial charge in [-0.15, -0.1) is 0 Å². The zero-order valence-corrected chi connectivity index (χ0v) is 12.5. The van der Waals surface area contributed by atoms with Crippen LogP contribution in [0.2, 0.25) is 0 Å². The minimum atomic E-state index is -0.682. The summed E-state index contributed by atoms with van der Waals surface area (Å²) in [6.45, 7) is 1.52. The number of benzene rings is 2. The van der Waals surface area contributed by atoms with Gasteiger partial charge in [-0.1, -0.05) is 12.1 Å².